The molecule has 3 heteroatoms. The summed E-state index contributed by atoms with van der Waals surface area (Å²) < 4.78 is 0. The molecule has 0 amide bonds. The molecule has 0 spiro atoms. The summed E-state index contributed by atoms with van der Waals surface area (Å²) in [5, 5.41) is 8.07. The summed E-state index contributed by atoms with van der Waals surface area (Å²) in [6.07, 6.45) is -0.0521. The maximum atomic E-state index is 9.83. The van der Waals surface area contributed by atoms with E-state index in [4.69, 9.17) is 11.7 Å². The number of hydrogen-bond donors (Lipinski definition) is 1. The Morgan fingerprint density at radius 3 is 2.62 bits per heavy atom. The quantitative estimate of drug-likeness (QED) is 0.537. The molecule has 1 atom stereocenters. The van der Waals surface area contributed by atoms with E-state index in [2.05, 4.69) is 4.85 Å². The van der Waals surface area contributed by atoms with E-state index in [-0.39, 0.29) is 12.5 Å². The van der Waals surface area contributed by atoms with E-state index >= 15 is 0 Å². The number of carboxylic acid groups (broad SMARTS) is 1. The second kappa shape index (κ2) is 3.03. The molecular weight excluding hydrogens is 106 g/mol. The smallest absolute Gasteiger partial charge is 0.311 e. The zero-order valence-corrected chi connectivity index (χ0v) is 4.59. The SMILES string of the molecule is [C-]#[N+]C(C)CC(=O)O. The van der Waals surface area contributed by atoms with Gasteiger partial charge in [0.25, 0.3) is 0 Å². The Morgan fingerprint density at radius 2 is 2.50 bits per heavy atom. The summed E-state index contributed by atoms with van der Waals surface area (Å²) in [6.45, 7) is 7.95. The minimum atomic E-state index is -0.909. The predicted octanol–water partition coefficient (Wildman–Crippen LogP) is 0.769. The monoisotopic (exact) mass is 113 g/mol. The van der Waals surface area contributed by atoms with Crippen molar-refractivity contribution < 1.29 is 9.90 Å². The lowest BCUT2D eigenvalue weighted by Crippen LogP contribution is -2.04. The van der Waals surface area contributed by atoms with Crippen molar-refractivity contribution in [2.75, 3.05) is 0 Å². The summed E-state index contributed by atoms with van der Waals surface area (Å²) in [4.78, 5) is 12.8. The van der Waals surface area contributed by atoms with Gasteiger partial charge in [-0.1, -0.05) is 0 Å². The molecule has 8 heavy (non-hydrogen) atoms. The zero-order valence-electron chi connectivity index (χ0n) is 4.59. The largest absolute Gasteiger partial charge is 0.481 e. The maximum absolute atomic E-state index is 9.83. The molecule has 0 bridgehead atoms. The molecule has 0 aliphatic rings. The van der Waals surface area contributed by atoms with Crippen LogP contribution in [0.4, 0.5) is 0 Å². The van der Waals surface area contributed by atoms with Crippen molar-refractivity contribution in [1.29, 1.82) is 0 Å². The van der Waals surface area contributed by atoms with Crippen molar-refractivity contribution in [3.8, 4) is 0 Å². The van der Waals surface area contributed by atoms with Crippen LogP contribution in [0.5, 0.6) is 0 Å². The average molecular weight is 113 g/mol. The van der Waals surface area contributed by atoms with Gasteiger partial charge in [0.05, 0.1) is 0 Å². The van der Waals surface area contributed by atoms with Crippen molar-refractivity contribution in [1.82, 2.24) is 0 Å². The Hall–Kier alpha value is -1.04. The summed E-state index contributed by atoms with van der Waals surface area (Å²) in [6, 6.07) is -0.382. The molecule has 0 heterocycles. The highest BCUT2D eigenvalue weighted by Crippen LogP contribution is 1.93. The van der Waals surface area contributed by atoms with Gasteiger partial charge in [-0.2, -0.15) is 0 Å². The maximum Gasteiger partial charge on any atom is 0.311 e. The molecule has 1 unspecified atom stereocenters. The minimum Gasteiger partial charge on any atom is -0.481 e. The van der Waals surface area contributed by atoms with Crippen molar-refractivity contribution in [3.63, 3.8) is 0 Å². The number of carbonyl (C=O) groups is 1. The zero-order chi connectivity index (χ0) is 6.57. The molecule has 3 nitrogen and oxygen atoms in total. The van der Waals surface area contributed by atoms with Gasteiger partial charge >= 0.3 is 5.97 Å². The van der Waals surface area contributed by atoms with Gasteiger partial charge in [-0.05, 0) is 0 Å². The number of carboxylic acids is 1. The fourth-order valence-corrected chi connectivity index (χ4v) is 0.298. The molecule has 0 aromatic rings. The van der Waals surface area contributed by atoms with Crippen molar-refractivity contribution in [2.45, 2.75) is 19.4 Å². The normalized spacial score (nSPS) is 12.0. The van der Waals surface area contributed by atoms with Gasteiger partial charge in [0.1, 0.15) is 6.42 Å². The van der Waals surface area contributed by atoms with Crippen LogP contribution in [0.15, 0.2) is 0 Å². The van der Waals surface area contributed by atoms with E-state index < -0.39 is 5.97 Å². The highest BCUT2D eigenvalue weighted by Gasteiger charge is 2.08. The Bertz CT molecular complexity index is 125. The van der Waals surface area contributed by atoms with Gasteiger partial charge < -0.3 is 9.95 Å². The summed E-state index contributed by atoms with van der Waals surface area (Å²) in [5.74, 6) is -0.909. The van der Waals surface area contributed by atoms with E-state index in [9.17, 15) is 4.79 Å². The third-order valence-corrected chi connectivity index (χ3v) is 0.690. The molecule has 1 N–H and O–H groups in total. The molecular formula is C5H7NO2. The number of nitrogens with zero attached hydrogens (tertiary/aromatic N) is 1. The lowest BCUT2D eigenvalue weighted by molar-refractivity contribution is -0.137. The second-order valence-corrected chi connectivity index (χ2v) is 1.58. The lowest BCUT2D eigenvalue weighted by atomic mass is 10.3. The average Bonchev–Trinajstić information content (AvgIpc) is 1.65. The molecule has 0 radical (unpaired) electrons. The van der Waals surface area contributed by atoms with Crippen LogP contribution in [-0.2, 0) is 4.79 Å². The summed E-state index contributed by atoms with van der Waals surface area (Å²) in [7, 11) is 0. The molecule has 0 saturated carbocycles. The summed E-state index contributed by atoms with van der Waals surface area (Å²) >= 11 is 0. The molecule has 0 aliphatic heterocycles. The second-order valence-electron chi connectivity index (χ2n) is 1.58. The van der Waals surface area contributed by atoms with Crippen molar-refractivity contribution in [3.05, 3.63) is 11.4 Å². The predicted molar refractivity (Wildman–Crippen MR) is 28.3 cm³/mol. The first-order chi connectivity index (χ1) is 3.66. The van der Waals surface area contributed by atoms with Gasteiger partial charge in [-0.3, -0.25) is 4.79 Å². The fourth-order valence-electron chi connectivity index (χ4n) is 0.298. The van der Waals surface area contributed by atoms with Crippen LogP contribution in [0.25, 0.3) is 4.85 Å². The van der Waals surface area contributed by atoms with E-state index in [1.807, 2.05) is 0 Å². The minimum absolute atomic E-state index is 0.0521. The van der Waals surface area contributed by atoms with E-state index in [1.165, 1.54) is 0 Å². The van der Waals surface area contributed by atoms with E-state index in [0.717, 1.165) is 0 Å². The van der Waals surface area contributed by atoms with Crippen LogP contribution in [0, 0.1) is 6.57 Å². The Morgan fingerprint density at radius 1 is 2.00 bits per heavy atom. The van der Waals surface area contributed by atoms with E-state index in [1.54, 1.807) is 6.92 Å². The third-order valence-electron chi connectivity index (χ3n) is 0.690. The highest BCUT2D eigenvalue weighted by atomic mass is 16.4. The Kier molecular flexibility index (Phi) is 2.63. The van der Waals surface area contributed by atoms with Gasteiger partial charge in [0, 0.05) is 6.92 Å². The number of aliphatic carboxylic acids is 1. The standard InChI is InChI=1S/C5H7NO2/c1-4(6-2)3-5(7)8/h4H,3H2,1H3,(H,7,8). The van der Waals surface area contributed by atoms with Crippen LogP contribution in [0.1, 0.15) is 13.3 Å². The molecule has 0 aliphatic carbocycles. The number of hydrogen-bond acceptors (Lipinski definition) is 1. The van der Waals surface area contributed by atoms with Crippen molar-refractivity contribution >= 4 is 5.97 Å². The first-order valence-electron chi connectivity index (χ1n) is 2.25. The van der Waals surface area contributed by atoms with Gasteiger partial charge in [-0.15, -0.1) is 0 Å². The first-order valence-corrected chi connectivity index (χ1v) is 2.25. The molecule has 0 aromatic carbocycles. The summed E-state index contributed by atoms with van der Waals surface area (Å²) in [5.41, 5.74) is 0. The van der Waals surface area contributed by atoms with Crippen LogP contribution in [-0.4, -0.2) is 17.1 Å². The van der Waals surface area contributed by atoms with E-state index in [0.29, 0.717) is 0 Å². The lowest BCUT2D eigenvalue weighted by Gasteiger charge is -1.89. The van der Waals surface area contributed by atoms with Crippen LogP contribution in [0.2, 0.25) is 0 Å². The Labute approximate surface area is 47.8 Å². The number of rotatable bonds is 2. The molecule has 0 rings (SSSR count). The first kappa shape index (κ1) is 6.96. The molecule has 0 fully saturated rings. The Balaban J connectivity index is 3.43. The van der Waals surface area contributed by atoms with Crippen LogP contribution < -0.4 is 0 Å². The molecule has 0 saturated heterocycles. The molecule has 0 aromatic heterocycles. The van der Waals surface area contributed by atoms with Crippen LogP contribution in [0.3, 0.4) is 0 Å². The third kappa shape index (κ3) is 3.16. The van der Waals surface area contributed by atoms with Crippen molar-refractivity contribution in [2.24, 2.45) is 0 Å². The van der Waals surface area contributed by atoms with Gasteiger partial charge in [0.15, 0.2) is 0 Å². The highest BCUT2D eigenvalue weighted by molar-refractivity contribution is 5.67. The van der Waals surface area contributed by atoms with Crippen LogP contribution >= 0.6 is 0 Å². The fraction of sp³-hybridized carbons (Fsp3) is 0.600. The van der Waals surface area contributed by atoms with Gasteiger partial charge in [0.2, 0.25) is 6.04 Å². The topological polar surface area (TPSA) is 41.7 Å². The molecule has 44 valence electrons. The van der Waals surface area contributed by atoms with Gasteiger partial charge in [-0.25, -0.2) is 6.57 Å².